The van der Waals surface area contributed by atoms with Crippen molar-refractivity contribution in [1.82, 2.24) is 10.2 Å². The first-order valence-corrected chi connectivity index (χ1v) is 6.65. The fourth-order valence-corrected chi connectivity index (χ4v) is 1.90. The van der Waals surface area contributed by atoms with Crippen LogP contribution < -0.4 is 5.32 Å². The lowest BCUT2D eigenvalue weighted by Crippen LogP contribution is -2.45. The molecule has 1 aliphatic heterocycles. The van der Waals surface area contributed by atoms with Crippen molar-refractivity contribution in [2.45, 2.75) is 39.3 Å². The first kappa shape index (κ1) is 14.9. The van der Waals surface area contributed by atoms with E-state index in [1.54, 1.807) is 0 Å². The van der Waals surface area contributed by atoms with Gasteiger partial charge in [-0.25, -0.2) is 0 Å². The predicted molar refractivity (Wildman–Crippen MR) is 70.4 cm³/mol. The third-order valence-corrected chi connectivity index (χ3v) is 2.77. The molecule has 0 aliphatic carbocycles. The maximum absolute atomic E-state index is 5.67. The SMILES string of the molecule is CC(CN1CCOCC1)NCCOC(C)(C)C. The fraction of sp³-hybridized carbons (Fsp3) is 1.00. The van der Waals surface area contributed by atoms with Crippen molar-refractivity contribution in [3.8, 4) is 0 Å². The Hall–Kier alpha value is -0.160. The minimum absolute atomic E-state index is 0.0326. The van der Waals surface area contributed by atoms with Gasteiger partial charge in [-0.1, -0.05) is 0 Å². The molecule has 1 fully saturated rings. The molecule has 1 rings (SSSR count). The largest absolute Gasteiger partial charge is 0.379 e. The summed E-state index contributed by atoms with van der Waals surface area (Å²) in [6, 6.07) is 0.511. The van der Waals surface area contributed by atoms with Gasteiger partial charge in [0.2, 0.25) is 0 Å². The van der Waals surface area contributed by atoms with Crippen molar-refractivity contribution < 1.29 is 9.47 Å². The Bertz CT molecular complexity index is 198. The molecule has 0 bridgehead atoms. The smallest absolute Gasteiger partial charge is 0.0599 e. The number of rotatable bonds is 6. The summed E-state index contributed by atoms with van der Waals surface area (Å²) in [7, 11) is 0. The molecule has 1 atom stereocenters. The van der Waals surface area contributed by atoms with Crippen LogP contribution in [0.25, 0.3) is 0 Å². The second-order valence-corrected chi connectivity index (χ2v) is 5.73. The van der Waals surface area contributed by atoms with Crippen molar-refractivity contribution in [3.63, 3.8) is 0 Å². The van der Waals surface area contributed by atoms with Gasteiger partial charge in [0, 0.05) is 32.2 Å². The first-order valence-electron chi connectivity index (χ1n) is 6.65. The molecule has 0 radical (unpaired) electrons. The van der Waals surface area contributed by atoms with Crippen LogP contribution in [0.4, 0.5) is 0 Å². The van der Waals surface area contributed by atoms with Crippen LogP contribution in [0.3, 0.4) is 0 Å². The van der Waals surface area contributed by atoms with Crippen LogP contribution >= 0.6 is 0 Å². The standard InChI is InChI=1S/C13H28N2O2/c1-12(11-15-6-9-16-10-7-15)14-5-8-17-13(2,3)4/h12,14H,5-11H2,1-4H3. The molecule has 0 spiro atoms. The van der Waals surface area contributed by atoms with Gasteiger partial charge >= 0.3 is 0 Å². The Morgan fingerprint density at radius 3 is 2.53 bits per heavy atom. The highest BCUT2D eigenvalue weighted by Gasteiger charge is 2.13. The summed E-state index contributed by atoms with van der Waals surface area (Å²) in [5.74, 6) is 0. The molecule has 1 saturated heterocycles. The molecule has 1 heterocycles. The van der Waals surface area contributed by atoms with E-state index in [0.29, 0.717) is 6.04 Å². The van der Waals surface area contributed by atoms with E-state index in [2.05, 4.69) is 37.9 Å². The third-order valence-electron chi connectivity index (χ3n) is 2.77. The highest BCUT2D eigenvalue weighted by molar-refractivity contribution is 4.70. The molecule has 0 amide bonds. The Kier molecular flexibility index (Phi) is 6.41. The highest BCUT2D eigenvalue weighted by Crippen LogP contribution is 2.05. The van der Waals surface area contributed by atoms with Crippen LogP contribution in [0, 0.1) is 0 Å². The van der Waals surface area contributed by atoms with Crippen LogP contribution in [-0.4, -0.2) is 62.5 Å². The second kappa shape index (κ2) is 7.31. The van der Waals surface area contributed by atoms with E-state index in [1.807, 2.05) is 0 Å². The lowest BCUT2D eigenvalue weighted by molar-refractivity contribution is -0.00270. The molecule has 1 aliphatic rings. The van der Waals surface area contributed by atoms with Gasteiger partial charge in [0.25, 0.3) is 0 Å². The van der Waals surface area contributed by atoms with E-state index in [4.69, 9.17) is 9.47 Å². The summed E-state index contributed by atoms with van der Waals surface area (Å²) < 4.78 is 11.0. The number of nitrogens with zero attached hydrogens (tertiary/aromatic N) is 1. The topological polar surface area (TPSA) is 33.7 Å². The zero-order chi connectivity index (χ0) is 12.7. The molecule has 17 heavy (non-hydrogen) atoms. The van der Waals surface area contributed by atoms with Crippen molar-refractivity contribution in [3.05, 3.63) is 0 Å². The normalized spacial score (nSPS) is 20.5. The van der Waals surface area contributed by atoms with E-state index in [0.717, 1.165) is 46.0 Å². The zero-order valence-electron chi connectivity index (χ0n) is 11.8. The Morgan fingerprint density at radius 2 is 1.94 bits per heavy atom. The summed E-state index contributed by atoms with van der Waals surface area (Å²) >= 11 is 0. The van der Waals surface area contributed by atoms with Gasteiger partial charge in [0.1, 0.15) is 0 Å². The third kappa shape index (κ3) is 7.71. The first-order chi connectivity index (χ1) is 7.97. The second-order valence-electron chi connectivity index (χ2n) is 5.73. The van der Waals surface area contributed by atoms with Crippen molar-refractivity contribution in [1.29, 1.82) is 0 Å². The van der Waals surface area contributed by atoms with Crippen LogP contribution in [-0.2, 0) is 9.47 Å². The van der Waals surface area contributed by atoms with Crippen molar-refractivity contribution in [2.75, 3.05) is 46.0 Å². The summed E-state index contributed by atoms with van der Waals surface area (Å²) in [6.07, 6.45) is 0. The number of hydrogen-bond donors (Lipinski definition) is 1. The van der Waals surface area contributed by atoms with Gasteiger partial charge < -0.3 is 14.8 Å². The quantitative estimate of drug-likeness (QED) is 0.710. The van der Waals surface area contributed by atoms with Gasteiger partial charge in [-0.2, -0.15) is 0 Å². The lowest BCUT2D eigenvalue weighted by Gasteiger charge is -2.29. The Labute approximate surface area is 106 Å². The number of ether oxygens (including phenoxy) is 2. The molecule has 0 aromatic carbocycles. The summed E-state index contributed by atoms with van der Waals surface area (Å²) in [5, 5.41) is 3.50. The minimum Gasteiger partial charge on any atom is -0.379 e. The van der Waals surface area contributed by atoms with E-state index in [1.165, 1.54) is 0 Å². The number of hydrogen-bond acceptors (Lipinski definition) is 4. The Morgan fingerprint density at radius 1 is 1.29 bits per heavy atom. The van der Waals surface area contributed by atoms with E-state index >= 15 is 0 Å². The minimum atomic E-state index is -0.0326. The molecule has 0 saturated carbocycles. The maximum atomic E-state index is 5.67. The van der Waals surface area contributed by atoms with Gasteiger partial charge in [-0.15, -0.1) is 0 Å². The molecule has 102 valence electrons. The summed E-state index contributed by atoms with van der Waals surface area (Å²) in [5.41, 5.74) is -0.0326. The molecular weight excluding hydrogens is 216 g/mol. The van der Waals surface area contributed by atoms with Gasteiger partial charge in [-0.3, -0.25) is 4.90 Å². The van der Waals surface area contributed by atoms with Crippen molar-refractivity contribution >= 4 is 0 Å². The van der Waals surface area contributed by atoms with E-state index < -0.39 is 0 Å². The molecule has 4 nitrogen and oxygen atoms in total. The van der Waals surface area contributed by atoms with Gasteiger partial charge in [0.15, 0.2) is 0 Å². The average molecular weight is 244 g/mol. The van der Waals surface area contributed by atoms with Crippen molar-refractivity contribution in [2.24, 2.45) is 0 Å². The highest BCUT2D eigenvalue weighted by atomic mass is 16.5. The summed E-state index contributed by atoms with van der Waals surface area (Å²) in [4.78, 5) is 2.45. The molecule has 0 aromatic rings. The fourth-order valence-electron chi connectivity index (χ4n) is 1.90. The van der Waals surface area contributed by atoms with Gasteiger partial charge in [0.05, 0.1) is 25.4 Å². The van der Waals surface area contributed by atoms with Crippen LogP contribution in [0.1, 0.15) is 27.7 Å². The summed E-state index contributed by atoms with van der Waals surface area (Å²) in [6.45, 7) is 15.2. The van der Waals surface area contributed by atoms with Gasteiger partial charge in [-0.05, 0) is 27.7 Å². The lowest BCUT2D eigenvalue weighted by atomic mass is 10.2. The zero-order valence-corrected chi connectivity index (χ0v) is 11.8. The predicted octanol–water partition coefficient (Wildman–Crippen LogP) is 1.11. The molecular formula is C13H28N2O2. The van der Waals surface area contributed by atoms with Crippen LogP contribution in [0.2, 0.25) is 0 Å². The maximum Gasteiger partial charge on any atom is 0.0599 e. The molecule has 4 heteroatoms. The van der Waals surface area contributed by atoms with Crippen LogP contribution in [0.15, 0.2) is 0 Å². The number of nitrogens with one attached hydrogen (secondary N) is 1. The molecule has 0 aromatic heterocycles. The van der Waals surface area contributed by atoms with E-state index in [-0.39, 0.29) is 5.60 Å². The van der Waals surface area contributed by atoms with E-state index in [9.17, 15) is 0 Å². The monoisotopic (exact) mass is 244 g/mol. The Balaban J connectivity index is 2.02. The average Bonchev–Trinajstić information content (AvgIpc) is 2.25. The van der Waals surface area contributed by atoms with Crippen LogP contribution in [0.5, 0.6) is 0 Å². The molecule has 1 unspecified atom stereocenters. The number of morpholine rings is 1. The molecule has 1 N–H and O–H groups in total.